The summed E-state index contributed by atoms with van der Waals surface area (Å²) in [5.74, 6) is -0.345. The average Bonchev–Trinajstić information content (AvgIpc) is 2.34. The standard InChI is InChI=1S/C12H17Cl2N3O3/c13-8-5-9(14)12(10(15)6-8)16-11(20)7-17(1-3-18)2-4-19/h5-6,18-19H,1-4,7,15H2,(H,16,20). The lowest BCUT2D eigenvalue weighted by atomic mass is 10.2. The molecule has 0 heterocycles. The van der Waals surface area contributed by atoms with Crippen LogP contribution < -0.4 is 11.1 Å². The molecule has 0 aliphatic carbocycles. The molecule has 0 bridgehead atoms. The van der Waals surface area contributed by atoms with Crippen molar-refractivity contribution < 1.29 is 15.0 Å². The van der Waals surface area contributed by atoms with E-state index >= 15 is 0 Å². The number of aliphatic hydroxyl groups excluding tert-OH is 2. The first kappa shape index (κ1) is 17.0. The van der Waals surface area contributed by atoms with Crippen molar-refractivity contribution in [2.24, 2.45) is 0 Å². The Labute approximate surface area is 127 Å². The fraction of sp³-hybridized carbons (Fsp3) is 0.417. The molecule has 1 rings (SSSR count). The molecule has 112 valence electrons. The van der Waals surface area contributed by atoms with Gasteiger partial charge in [0.05, 0.1) is 36.2 Å². The van der Waals surface area contributed by atoms with Gasteiger partial charge in [-0.25, -0.2) is 0 Å². The number of anilines is 2. The third-order valence-corrected chi connectivity index (χ3v) is 3.07. The molecular formula is C12H17Cl2N3O3. The highest BCUT2D eigenvalue weighted by Gasteiger charge is 2.13. The minimum Gasteiger partial charge on any atom is -0.397 e. The zero-order chi connectivity index (χ0) is 15.1. The molecule has 0 fully saturated rings. The van der Waals surface area contributed by atoms with Crippen molar-refractivity contribution >= 4 is 40.5 Å². The highest BCUT2D eigenvalue weighted by Crippen LogP contribution is 2.31. The molecule has 6 nitrogen and oxygen atoms in total. The highest BCUT2D eigenvalue weighted by atomic mass is 35.5. The van der Waals surface area contributed by atoms with Crippen molar-refractivity contribution in [1.82, 2.24) is 4.90 Å². The van der Waals surface area contributed by atoms with Gasteiger partial charge in [0.1, 0.15) is 0 Å². The average molecular weight is 322 g/mol. The van der Waals surface area contributed by atoms with Crippen molar-refractivity contribution in [3.05, 3.63) is 22.2 Å². The summed E-state index contributed by atoms with van der Waals surface area (Å²) in [6.07, 6.45) is 0. The lowest BCUT2D eigenvalue weighted by Crippen LogP contribution is -2.37. The monoisotopic (exact) mass is 321 g/mol. The number of nitrogens with two attached hydrogens (primary N) is 1. The largest absolute Gasteiger partial charge is 0.397 e. The number of carbonyl (C=O) groups is 1. The lowest BCUT2D eigenvalue weighted by molar-refractivity contribution is -0.117. The van der Waals surface area contributed by atoms with Crippen LogP contribution in [0.2, 0.25) is 10.0 Å². The van der Waals surface area contributed by atoms with Crippen LogP contribution >= 0.6 is 23.2 Å². The van der Waals surface area contributed by atoms with Gasteiger partial charge in [-0.3, -0.25) is 9.69 Å². The van der Waals surface area contributed by atoms with Gasteiger partial charge in [-0.05, 0) is 12.1 Å². The van der Waals surface area contributed by atoms with Crippen LogP contribution in [0.25, 0.3) is 0 Å². The molecule has 0 aliphatic heterocycles. The minimum atomic E-state index is -0.345. The summed E-state index contributed by atoms with van der Waals surface area (Å²) in [4.78, 5) is 13.5. The van der Waals surface area contributed by atoms with Gasteiger partial charge in [-0.15, -0.1) is 0 Å². The van der Waals surface area contributed by atoms with E-state index in [1.165, 1.54) is 12.1 Å². The predicted molar refractivity (Wildman–Crippen MR) is 80.1 cm³/mol. The second-order valence-electron chi connectivity index (χ2n) is 4.12. The third kappa shape index (κ3) is 5.15. The second-order valence-corrected chi connectivity index (χ2v) is 4.97. The molecule has 0 spiro atoms. The van der Waals surface area contributed by atoms with Crippen LogP contribution in [0.4, 0.5) is 11.4 Å². The molecule has 5 N–H and O–H groups in total. The molecule has 0 aliphatic rings. The second kappa shape index (κ2) is 8.28. The van der Waals surface area contributed by atoms with Crippen LogP contribution in [0.15, 0.2) is 12.1 Å². The Bertz CT molecular complexity index is 442. The molecule has 8 heteroatoms. The summed E-state index contributed by atoms with van der Waals surface area (Å²) < 4.78 is 0. The summed E-state index contributed by atoms with van der Waals surface area (Å²) in [7, 11) is 0. The van der Waals surface area contributed by atoms with E-state index in [0.29, 0.717) is 10.7 Å². The van der Waals surface area contributed by atoms with Crippen LogP contribution in [0.5, 0.6) is 0 Å². The van der Waals surface area contributed by atoms with E-state index in [1.54, 1.807) is 4.90 Å². The molecule has 0 unspecified atom stereocenters. The molecule has 20 heavy (non-hydrogen) atoms. The first-order valence-corrected chi connectivity index (χ1v) is 6.72. The van der Waals surface area contributed by atoms with Crippen molar-refractivity contribution in [3.8, 4) is 0 Å². The number of nitrogen functional groups attached to an aromatic ring is 1. The van der Waals surface area contributed by atoms with Crippen LogP contribution in [0.1, 0.15) is 0 Å². The Balaban J connectivity index is 2.70. The van der Waals surface area contributed by atoms with E-state index in [2.05, 4.69) is 5.32 Å². The summed E-state index contributed by atoms with van der Waals surface area (Å²) >= 11 is 11.7. The summed E-state index contributed by atoms with van der Waals surface area (Å²) in [5, 5.41) is 21.0. The van der Waals surface area contributed by atoms with Gasteiger partial charge in [0.15, 0.2) is 0 Å². The van der Waals surface area contributed by atoms with Gasteiger partial charge >= 0.3 is 0 Å². The van der Waals surface area contributed by atoms with Gasteiger partial charge < -0.3 is 21.3 Å². The highest BCUT2D eigenvalue weighted by molar-refractivity contribution is 6.37. The molecule has 1 amide bonds. The number of rotatable bonds is 7. The van der Waals surface area contributed by atoms with Crippen LogP contribution in [0.3, 0.4) is 0 Å². The number of halogens is 2. The number of hydrogen-bond donors (Lipinski definition) is 4. The maximum atomic E-state index is 11.9. The minimum absolute atomic E-state index is 0.0134. The van der Waals surface area contributed by atoms with Gasteiger partial charge in [-0.1, -0.05) is 23.2 Å². The fourth-order valence-corrected chi connectivity index (χ4v) is 2.22. The molecule has 1 aromatic rings. The van der Waals surface area contributed by atoms with E-state index in [4.69, 9.17) is 39.1 Å². The number of aliphatic hydroxyl groups is 2. The van der Waals surface area contributed by atoms with Gasteiger partial charge in [0, 0.05) is 18.1 Å². The summed E-state index contributed by atoms with van der Waals surface area (Å²) in [5.41, 5.74) is 6.31. The number of nitrogens with zero attached hydrogens (tertiary/aromatic N) is 1. The number of hydrogen-bond acceptors (Lipinski definition) is 5. The summed E-state index contributed by atoms with van der Waals surface area (Å²) in [6, 6.07) is 2.97. The molecule has 0 radical (unpaired) electrons. The van der Waals surface area contributed by atoms with Gasteiger partial charge in [0.25, 0.3) is 0 Å². The molecular weight excluding hydrogens is 305 g/mol. The van der Waals surface area contributed by atoms with Gasteiger partial charge in [0.2, 0.25) is 5.91 Å². The maximum Gasteiger partial charge on any atom is 0.238 e. The third-order valence-electron chi connectivity index (χ3n) is 2.55. The molecule has 0 saturated carbocycles. The predicted octanol–water partition coefficient (Wildman–Crippen LogP) is 0.801. The van der Waals surface area contributed by atoms with E-state index in [0.717, 1.165) is 0 Å². The Morgan fingerprint density at radius 3 is 2.35 bits per heavy atom. The zero-order valence-electron chi connectivity index (χ0n) is 10.8. The topological polar surface area (TPSA) is 98.8 Å². The molecule has 1 aromatic carbocycles. The number of amides is 1. The SMILES string of the molecule is Nc1cc(Cl)cc(Cl)c1NC(=O)CN(CCO)CCO. The van der Waals surface area contributed by atoms with E-state index in [9.17, 15) is 4.79 Å². The quantitative estimate of drug-likeness (QED) is 0.557. The molecule has 0 aromatic heterocycles. The number of benzene rings is 1. The van der Waals surface area contributed by atoms with Crippen molar-refractivity contribution in [2.75, 3.05) is 43.9 Å². The van der Waals surface area contributed by atoms with Gasteiger partial charge in [-0.2, -0.15) is 0 Å². The van der Waals surface area contributed by atoms with Crippen LogP contribution in [-0.2, 0) is 4.79 Å². The fourth-order valence-electron chi connectivity index (χ4n) is 1.66. The maximum absolute atomic E-state index is 11.9. The lowest BCUT2D eigenvalue weighted by Gasteiger charge is -2.20. The number of carbonyl (C=O) groups excluding carboxylic acids is 1. The number of nitrogens with one attached hydrogen (secondary N) is 1. The zero-order valence-corrected chi connectivity index (χ0v) is 12.3. The van der Waals surface area contributed by atoms with Crippen molar-refractivity contribution in [1.29, 1.82) is 0 Å². The first-order valence-electron chi connectivity index (χ1n) is 5.96. The molecule has 0 saturated heterocycles. The van der Waals surface area contributed by atoms with E-state index in [1.807, 2.05) is 0 Å². The van der Waals surface area contributed by atoms with Crippen LogP contribution in [0, 0.1) is 0 Å². The molecule has 0 atom stereocenters. The van der Waals surface area contributed by atoms with Crippen molar-refractivity contribution in [3.63, 3.8) is 0 Å². The van der Waals surface area contributed by atoms with Crippen molar-refractivity contribution in [2.45, 2.75) is 0 Å². The Hall–Kier alpha value is -1.05. The Morgan fingerprint density at radius 2 is 1.85 bits per heavy atom. The Kier molecular flexibility index (Phi) is 7.04. The summed E-state index contributed by atoms with van der Waals surface area (Å²) in [6.45, 7) is 0.392. The van der Waals surface area contributed by atoms with E-state index < -0.39 is 0 Å². The van der Waals surface area contributed by atoms with Crippen LogP contribution in [-0.4, -0.2) is 53.9 Å². The normalized spacial score (nSPS) is 10.8. The Morgan fingerprint density at radius 1 is 1.25 bits per heavy atom. The smallest absolute Gasteiger partial charge is 0.238 e. The first-order chi connectivity index (χ1) is 9.47. The van der Waals surface area contributed by atoms with E-state index in [-0.39, 0.29) is 49.5 Å².